The molecule has 4 unspecified atom stereocenters. The number of allylic oxidation sites excluding steroid dienone is 1. The van der Waals surface area contributed by atoms with Crippen LogP contribution in [0.4, 0.5) is 13.2 Å². The van der Waals surface area contributed by atoms with Gasteiger partial charge in [-0.05, 0) is 30.6 Å². The molecule has 0 spiro atoms. The summed E-state index contributed by atoms with van der Waals surface area (Å²) in [6.07, 6.45) is -1.39. The lowest BCUT2D eigenvalue weighted by Gasteiger charge is -2.64. The molecule has 4 atom stereocenters. The number of aliphatic imine (C=N–C) groups is 2. The van der Waals surface area contributed by atoms with Gasteiger partial charge in [0, 0.05) is 18.4 Å². The first-order chi connectivity index (χ1) is 12.1. The summed E-state index contributed by atoms with van der Waals surface area (Å²) in [5.74, 6) is 2.06. The fourth-order valence-corrected chi connectivity index (χ4v) is 4.23. The van der Waals surface area contributed by atoms with E-state index in [4.69, 9.17) is 11.5 Å². The second kappa shape index (κ2) is 7.88. The summed E-state index contributed by atoms with van der Waals surface area (Å²) < 4.78 is 36.1. The van der Waals surface area contributed by atoms with Crippen LogP contribution in [-0.4, -0.2) is 31.2 Å². The molecule has 0 aromatic carbocycles. The van der Waals surface area contributed by atoms with E-state index < -0.39 is 12.6 Å². The highest BCUT2D eigenvalue weighted by Gasteiger charge is 2.61. The van der Waals surface area contributed by atoms with Crippen molar-refractivity contribution in [3.05, 3.63) is 11.6 Å². The molecule has 0 amide bonds. The van der Waals surface area contributed by atoms with Crippen LogP contribution in [0.15, 0.2) is 21.6 Å². The van der Waals surface area contributed by atoms with Crippen molar-refractivity contribution in [2.24, 2.45) is 44.6 Å². The van der Waals surface area contributed by atoms with Gasteiger partial charge in [0.05, 0.1) is 6.54 Å². The molecule has 1 fully saturated rings. The first-order valence-corrected chi connectivity index (χ1v) is 9.23. The lowest BCUT2D eigenvalue weighted by atomic mass is 9.40. The molecule has 0 aromatic heterocycles. The lowest BCUT2D eigenvalue weighted by Crippen LogP contribution is -2.59. The molecular weight excluding hydrogens is 343 g/mol. The first kappa shape index (κ1) is 20.6. The van der Waals surface area contributed by atoms with Gasteiger partial charge in [0.1, 0.15) is 0 Å². The molecule has 2 aliphatic carbocycles. The fraction of sp³-hybridized carbons (Fsp3) is 0.778. The van der Waals surface area contributed by atoms with Crippen molar-refractivity contribution >= 4 is 11.9 Å². The SMILES string of the molecule is CC1C2=CC(C)C2(CN=C(N)NC(N)=NCCCCCC(F)(F)F)C1C. The lowest BCUT2D eigenvalue weighted by molar-refractivity contribution is -0.135. The van der Waals surface area contributed by atoms with E-state index >= 15 is 0 Å². The zero-order valence-electron chi connectivity index (χ0n) is 15.7. The quantitative estimate of drug-likeness (QED) is 0.277. The van der Waals surface area contributed by atoms with Gasteiger partial charge >= 0.3 is 6.18 Å². The number of fused-ring (bicyclic) bond motifs is 1. The second-order valence-corrected chi connectivity index (χ2v) is 7.55. The van der Waals surface area contributed by atoms with Crippen molar-refractivity contribution in [1.29, 1.82) is 0 Å². The van der Waals surface area contributed by atoms with Crippen LogP contribution in [-0.2, 0) is 0 Å². The molecule has 148 valence electrons. The van der Waals surface area contributed by atoms with Gasteiger partial charge in [-0.15, -0.1) is 0 Å². The van der Waals surface area contributed by atoms with E-state index in [-0.39, 0.29) is 23.8 Å². The maximum absolute atomic E-state index is 12.0. The van der Waals surface area contributed by atoms with Crippen LogP contribution in [0, 0.1) is 23.2 Å². The Bertz CT molecular complexity index is 596. The Morgan fingerprint density at radius 1 is 1.12 bits per heavy atom. The van der Waals surface area contributed by atoms with Crippen LogP contribution >= 0.6 is 0 Å². The number of rotatable bonds is 7. The molecule has 0 saturated heterocycles. The molecule has 0 heterocycles. The largest absolute Gasteiger partial charge is 0.389 e. The second-order valence-electron chi connectivity index (χ2n) is 7.55. The molecule has 26 heavy (non-hydrogen) atoms. The number of hydrogen-bond donors (Lipinski definition) is 3. The molecule has 8 heteroatoms. The van der Waals surface area contributed by atoms with Gasteiger partial charge in [-0.3, -0.25) is 15.3 Å². The van der Waals surface area contributed by atoms with E-state index in [9.17, 15) is 13.2 Å². The Morgan fingerprint density at radius 2 is 1.77 bits per heavy atom. The molecule has 0 aromatic rings. The van der Waals surface area contributed by atoms with E-state index in [1.165, 1.54) is 5.57 Å². The number of halogens is 3. The monoisotopic (exact) mass is 373 g/mol. The number of nitrogens with two attached hydrogens (primary N) is 2. The van der Waals surface area contributed by atoms with Crippen LogP contribution < -0.4 is 16.8 Å². The third-order valence-electron chi connectivity index (χ3n) is 6.00. The van der Waals surface area contributed by atoms with Crippen LogP contribution in [0.5, 0.6) is 0 Å². The summed E-state index contributed by atoms with van der Waals surface area (Å²) >= 11 is 0. The molecule has 0 bridgehead atoms. The highest BCUT2D eigenvalue weighted by atomic mass is 19.4. The van der Waals surface area contributed by atoms with Crippen LogP contribution in [0.2, 0.25) is 0 Å². The summed E-state index contributed by atoms with van der Waals surface area (Å²) in [5.41, 5.74) is 13.3. The Kier molecular flexibility index (Phi) is 6.24. The summed E-state index contributed by atoms with van der Waals surface area (Å²) in [5, 5.41) is 2.75. The van der Waals surface area contributed by atoms with E-state index in [0.29, 0.717) is 43.7 Å². The van der Waals surface area contributed by atoms with E-state index in [2.05, 4.69) is 42.1 Å². The van der Waals surface area contributed by atoms with Gasteiger partial charge in [0.15, 0.2) is 11.9 Å². The number of unbranched alkanes of at least 4 members (excludes halogenated alkanes) is 2. The number of guanidine groups is 2. The predicted molar refractivity (Wildman–Crippen MR) is 98.6 cm³/mol. The van der Waals surface area contributed by atoms with Gasteiger partial charge < -0.3 is 11.5 Å². The van der Waals surface area contributed by atoms with Crippen molar-refractivity contribution in [3.8, 4) is 0 Å². The average Bonchev–Trinajstić information content (AvgIpc) is 2.54. The molecule has 1 saturated carbocycles. The number of nitrogens with zero attached hydrogens (tertiary/aromatic N) is 2. The zero-order chi connectivity index (χ0) is 19.5. The zero-order valence-corrected chi connectivity index (χ0v) is 15.7. The van der Waals surface area contributed by atoms with Gasteiger partial charge in [0.2, 0.25) is 0 Å². The van der Waals surface area contributed by atoms with Crippen LogP contribution in [0.25, 0.3) is 0 Å². The number of alkyl halides is 3. The maximum atomic E-state index is 12.0. The Labute approximate surface area is 153 Å². The standard InChI is InChI=1S/C18H30F3N5/c1-11-9-14-12(2)13(3)17(11,14)10-25-16(23)26-15(22)24-8-6-4-5-7-18(19,20)21/h9,11-13H,4-8,10H2,1-3H3,(H5,22,23,24,25,26). The maximum Gasteiger partial charge on any atom is 0.389 e. The summed E-state index contributed by atoms with van der Waals surface area (Å²) in [4.78, 5) is 8.51. The van der Waals surface area contributed by atoms with Gasteiger partial charge in [-0.2, -0.15) is 13.2 Å². The molecule has 5 nitrogen and oxygen atoms in total. The highest BCUT2D eigenvalue weighted by molar-refractivity contribution is 5.97. The summed E-state index contributed by atoms with van der Waals surface area (Å²) in [6, 6.07) is 0. The van der Waals surface area contributed by atoms with Crippen molar-refractivity contribution in [2.45, 2.75) is 52.6 Å². The van der Waals surface area contributed by atoms with E-state index in [1.54, 1.807) is 0 Å². The molecule has 5 N–H and O–H groups in total. The minimum Gasteiger partial charge on any atom is -0.370 e. The topological polar surface area (TPSA) is 88.8 Å². The Hall–Kier alpha value is -1.73. The minimum atomic E-state index is -4.09. The predicted octanol–water partition coefficient (Wildman–Crippen LogP) is 3.18. The van der Waals surface area contributed by atoms with Crippen molar-refractivity contribution in [1.82, 2.24) is 5.32 Å². The Morgan fingerprint density at radius 3 is 2.35 bits per heavy atom. The molecule has 2 rings (SSSR count). The highest BCUT2D eigenvalue weighted by Crippen LogP contribution is 2.66. The summed E-state index contributed by atoms with van der Waals surface area (Å²) in [7, 11) is 0. The fourth-order valence-electron chi connectivity index (χ4n) is 4.23. The molecular formula is C18H30F3N5. The van der Waals surface area contributed by atoms with E-state index in [1.807, 2.05) is 0 Å². The smallest absolute Gasteiger partial charge is 0.370 e. The van der Waals surface area contributed by atoms with E-state index in [0.717, 1.165) is 0 Å². The Balaban J connectivity index is 1.71. The summed E-state index contributed by atoms with van der Waals surface area (Å²) in [6.45, 7) is 7.71. The van der Waals surface area contributed by atoms with Gasteiger partial charge in [-0.1, -0.05) is 38.8 Å². The third kappa shape index (κ3) is 4.32. The van der Waals surface area contributed by atoms with Crippen molar-refractivity contribution in [2.75, 3.05) is 13.1 Å². The van der Waals surface area contributed by atoms with Gasteiger partial charge in [0.25, 0.3) is 0 Å². The number of nitrogens with one attached hydrogen (secondary N) is 1. The number of hydrogen-bond acceptors (Lipinski definition) is 2. The van der Waals surface area contributed by atoms with Crippen LogP contribution in [0.3, 0.4) is 0 Å². The molecule has 2 aliphatic rings. The third-order valence-corrected chi connectivity index (χ3v) is 6.00. The minimum absolute atomic E-state index is 0.114. The molecule has 0 radical (unpaired) electrons. The van der Waals surface area contributed by atoms with Crippen molar-refractivity contribution < 1.29 is 13.2 Å². The van der Waals surface area contributed by atoms with Crippen molar-refractivity contribution in [3.63, 3.8) is 0 Å². The van der Waals surface area contributed by atoms with Crippen LogP contribution in [0.1, 0.15) is 46.5 Å². The first-order valence-electron chi connectivity index (χ1n) is 9.23. The average molecular weight is 373 g/mol. The molecule has 0 aliphatic heterocycles. The van der Waals surface area contributed by atoms with Gasteiger partial charge in [-0.25, -0.2) is 0 Å². The normalized spacial score (nSPS) is 31.6.